The van der Waals surface area contributed by atoms with Gasteiger partial charge in [0, 0.05) is 19.4 Å². The van der Waals surface area contributed by atoms with Crippen LogP contribution < -0.4 is 0 Å². The van der Waals surface area contributed by atoms with Gasteiger partial charge in [-0.15, -0.1) is 0 Å². The van der Waals surface area contributed by atoms with Crippen molar-refractivity contribution in [2.75, 3.05) is 13.2 Å². The first kappa shape index (κ1) is 54.1. The molecule has 0 aromatic rings. The maximum atomic E-state index is 10.7. The van der Waals surface area contributed by atoms with E-state index in [-0.39, 0.29) is 65.1 Å². The standard InChI is InChI=1S/C18H36O2.C12H26O4S.C6H9NO.Mg.Na.3H/c1-2-3-4-5-6-7-8-9-10-11-12-13-14-15-16-17-18(19)20;1-2-3-4-5-6-7-8-9-10-11-12-16-17(13,14)15;1-2-7-5-3-4-6(7)8;;;;;/h2-17H2,1H3,(H,19,20);2-12H2,1H3,(H,13,14,15);2H,1,3-5H2;;;;;. The zero-order valence-electron chi connectivity index (χ0n) is 29.3. The van der Waals surface area contributed by atoms with Crippen molar-refractivity contribution >= 4 is 74.9 Å². The number of likely N-dealkylation sites (tertiary alicyclic amines) is 1. The van der Waals surface area contributed by atoms with Crippen molar-refractivity contribution in [3.63, 3.8) is 0 Å². The Labute approximate surface area is 328 Å². The Hall–Kier alpha value is 0.316. The summed E-state index contributed by atoms with van der Waals surface area (Å²) < 4.78 is 33.0. The molecule has 0 bridgehead atoms. The fourth-order valence-electron chi connectivity index (χ4n) is 5.26. The van der Waals surface area contributed by atoms with Crippen LogP contribution in [0.15, 0.2) is 12.8 Å². The second-order valence-electron chi connectivity index (χ2n) is 12.4. The van der Waals surface area contributed by atoms with E-state index in [1.54, 1.807) is 11.1 Å². The third kappa shape index (κ3) is 48.5. The molecule has 274 valence electrons. The fourth-order valence-corrected chi connectivity index (χ4v) is 5.59. The molecule has 0 unspecified atom stereocenters. The molecule has 0 aromatic carbocycles. The monoisotopic (exact) mass is 711 g/mol. The van der Waals surface area contributed by atoms with Gasteiger partial charge in [-0.25, -0.2) is 4.18 Å². The number of unbranched alkanes of at least 4 members (excludes halogenated alkanes) is 23. The summed E-state index contributed by atoms with van der Waals surface area (Å²) in [6.45, 7) is 8.94. The van der Waals surface area contributed by atoms with Crippen LogP contribution in [0.4, 0.5) is 0 Å². The molecule has 47 heavy (non-hydrogen) atoms. The third-order valence-electron chi connectivity index (χ3n) is 8.05. The molecule has 0 atom stereocenters. The van der Waals surface area contributed by atoms with Crippen molar-refractivity contribution in [1.29, 1.82) is 0 Å². The molecule has 1 fully saturated rings. The van der Waals surface area contributed by atoms with Crippen molar-refractivity contribution in [2.24, 2.45) is 0 Å². The van der Waals surface area contributed by atoms with E-state index in [0.29, 0.717) is 19.3 Å². The summed E-state index contributed by atoms with van der Waals surface area (Å²) in [6, 6.07) is 0. The Morgan fingerprint density at radius 2 is 1.06 bits per heavy atom. The molecule has 0 saturated carbocycles. The molecule has 0 aromatic heterocycles. The summed E-state index contributed by atoms with van der Waals surface area (Å²) in [5.41, 5.74) is 0. The Morgan fingerprint density at radius 3 is 1.32 bits per heavy atom. The summed E-state index contributed by atoms with van der Waals surface area (Å²) >= 11 is 0. The second-order valence-corrected chi connectivity index (χ2v) is 13.5. The van der Waals surface area contributed by atoms with E-state index in [4.69, 9.17) is 9.66 Å². The van der Waals surface area contributed by atoms with Crippen LogP contribution in [0.5, 0.6) is 0 Å². The first-order valence-electron chi connectivity index (χ1n) is 18.4. The molecule has 8 nitrogen and oxygen atoms in total. The molecule has 0 aliphatic carbocycles. The van der Waals surface area contributed by atoms with Crippen molar-refractivity contribution < 1.29 is 31.8 Å². The number of carbonyl (C=O) groups is 2. The van der Waals surface area contributed by atoms with Gasteiger partial charge in [0.25, 0.3) is 0 Å². The number of hydrogen-bond donors (Lipinski definition) is 2. The van der Waals surface area contributed by atoms with Gasteiger partial charge in [-0.1, -0.05) is 168 Å². The van der Waals surface area contributed by atoms with Crippen LogP contribution in [0, 0.1) is 0 Å². The molecule has 0 spiro atoms. The number of carboxylic acids is 1. The molecule has 2 N–H and O–H groups in total. The van der Waals surface area contributed by atoms with Gasteiger partial charge in [0.05, 0.1) is 6.61 Å². The zero-order valence-corrected chi connectivity index (χ0v) is 30.1. The SMILES string of the molecule is C=CN1CCCC1=O.CCCCCCCCCCCCCCCCCC(=O)O.CCCCCCCCCCCCOS(=O)(=O)O.[MgH2].[NaH]. The number of amides is 1. The van der Waals surface area contributed by atoms with Gasteiger partial charge < -0.3 is 10.0 Å². The van der Waals surface area contributed by atoms with E-state index in [9.17, 15) is 18.0 Å². The van der Waals surface area contributed by atoms with Crippen molar-refractivity contribution in [1.82, 2.24) is 4.90 Å². The fraction of sp³-hybridized carbons (Fsp3) is 0.889. The molecule has 1 aliphatic rings. The van der Waals surface area contributed by atoms with Gasteiger partial charge in [0.1, 0.15) is 0 Å². The number of nitrogens with zero attached hydrogens (tertiary/aromatic N) is 1. The van der Waals surface area contributed by atoms with Gasteiger partial charge in [0.2, 0.25) is 5.91 Å². The first-order chi connectivity index (χ1) is 21.7. The Kier molecular flexibility index (Phi) is 48.9. The summed E-state index contributed by atoms with van der Waals surface area (Å²) in [7, 11) is -4.23. The van der Waals surface area contributed by atoms with E-state index in [1.165, 1.54) is 128 Å². The van der Waals surface area contributed by atoms with Gasteiger partial charge >= 0.3 is 69.0 Å². The number of carbonyl (C=O) groups excluding carboxylic acids is 1. The summed E-state index contributed by atoms with van der Waals surface area (Å²) in [5.74, 6) is -0.445. The van der Waals surface area contributed by atoms with Crippen LogP contribution in [0.3, 0.4) is 0 Å². The van der Waals surface area contributed by atoms with Gasteiger partial charge in [-0.2, -0.15) is 8.42 Å². The number of carboxylic acid groups (broad SMARTS) is 1. The van der Waals surface area contributed by atoms with Crippen molar-refractivity contribution in [2.45, 2.75) is 194 Å². The molecule has 1 saturated heterocycles. The Bertz CT molecular complexity index is 787. The van der Waals surface area contributed by atoms with E-state index in [2.05, 4.69) is 24.6 Å². The average Bonchev–Trinajstić information content (AvgIpc) is 3.42. The summed E-state index contributed by atoms with van der Waals surface area (Å²) in [5, 5.41) is 8.52. The van der Waals surface area contributed by atoms with Crippen LogP contribution in [-0.4, -0.2) is 101 Å². The number of hydrogen-bond acceptors (Lipinski definition) is 5. The Balaban J connectivity index is -0.000000310. The molecule has 1 amide bonds. The van der Waals surface area contributed by atoms with Crippen LogP contribution in [0.25, 0.3) is 0 Å². The molecule has 1 heterocycles. The van der Waals surface area contributed by atoms with Crippen LogP contribution in [0.1, 0.15) is 194 Å². The van der Waals surface area contributed by atoms with Gasteiger partial charge in [-0.3, -0.25) is 14.1 Å². The predicted molar refractivity (Wildman–Crippen MR) is 203 cm³/mol. The van der Waals surface area contributed by atoms with Crippen LogP contribution in [0.2, 0.25) is 0 Å². The van der Waals surface area contributed by atoms with Crippen LogP contribution >= 0.6 is 0 Å². The van der Waals surface area contributed by atoms with Crippen LogP contribution in [-0.2, 0) is 24.2 Å². The summed E-state index contributed by atoms with van der Waals surface area (Å²) in [6.07, 6.45) is 35.3. The minimum atomic E-state index is -4.23. The van der Waals surface area contributed by atoms with Crippen molar-refractivity contribution in [3.05, 3.63) is 12.8 Å². The number of rotatable bonds is 29. The van der Waals surface area contributed by atoms with Crippen molar-refractivity contribution in [3.8, 4) is 0 Å². The van der Waals surface area contributed by atoms with E-state index in [1.807, 2.05) is 0 Å². The average molecular weight is 712 g/mol. The quantitative estimate of drug-likeness (QED) is 0.0451. The molecular formula is C36H74MgNNaO7S. The predicted octanol–water partition coefficient (Wildman–Crippen LogP) is 9.25. The Morgan fingerprint density at radius 1 is 0.723 bits per heavy atom. The van der Waals surface area contributed by atoms with E-state index in [0.717, 1.165) is 38.6 Å². The third-order valence-corrected chi connectivity index (χ3v) is 8.52. The normalized spacial score (nSPS) is 12.2. The minimum absolute atomic E-state index is 0. The second kappa shape index (κ2) is 42.5. The molecule has 1 rings (SSSR count). The molecule has 1 aliphatic heterocycles. The van der Waals surface area contributed by atoms with Gasteiger partial charge in [-0.05, 0) is 25.5 Å². The molecule has 11 heteroatoms. The molecule has 0 radical (unpaired) electrons. The van der Waals surface area contributed by atoms with Gasteiger partial charge in [0.15, 0.2) is 0 Å². The zero-order chi connectivity index (χ0) is 33.9. The van der Waals surface area contributed by atoms with E-state index >= 15 is 0 Å². The topological polar surface area (TPSA) is 121 Å². The maximum absolute atomic E-state index is 10.7. The first-order valence-corrected chi connectivity index (χ1v) is 19.8. The number of aliphatic carboxylic acids is 1. The van der Waals surface area contributed by atoms with E-state index < -0.39 is 16.4 Å². The summed E-state index contributed by atoms with van der Waals surface area (Å²) in [4.78, 5) is 22.6. The molecular weight excluding hydrogens is 638 g/mol.